The van der Waals surface area contributed by atoms with E-state index in [9.17, 15) is 31.2 Å². The van der Waals surface area contributed by atoms with Gasteiger partial charge in [-0.2, -0.15) is 17.5 Å². The second kappa shape index (κ2) is 15.4. The maximum Gasteiger partial charge on any atom is 0.416 e. The molecule has 1 aliphatic rings. The Bertz CT molecular complexity index is 2530. The lowest BCUT2D eigenvalue weighted by molar-refractivity contribution is -0.137. The van der Waals surface area contributed by atoms with Crippen molar-refractivity contribution in [3.8, 4) is 17.1 Å². The second-order valence-corrected chi connectivity index (χ2v) is 15.4. The molecule has 0 spiro atoms. The fraction of sp³-hybridized carbons (Fsp3) is 0.306. The van der Waals surface area contributed by atoms with Gasteiger partial charge in [-0.1, -0.05) is 73.6 Å². The molecule has 4 heterocycles. The third-order valence-corrected chi connectivity index (χ3v) is 11.8. The Hall–Kier alpha value is -5.04. The normalized spacial score (nSPS) is 14.2. The van der Waals surface area contributed by atoms with Crippen LogP contribution in [0.4, 0.5) is 13.2 Å². The van der Waals surface area contributed by atoms with Crippen LogP contribution in [0.3, 0.4) is 0 Å². The molecule has 1 fully saturated rings. The van der Waals surface area contributed by atoms with Crippen LogP contribution in [0.25, 0.3) is 28.2 Å². The lowest BCUT2D eigenvalue weighted by Gasteiger charge is -2.26. The Labute approximate surface area is 311 Å². The van der Waals surface area contributed by atoms with Crippen molar-refractivity contribution in [2.75, 3.05) is 26.3 Å². The van der Waals surface area contributed by atoms with Crippen molar-refractivity contribution in [2.45, 2.75) is 54.8 Å². The summed E-state index contributed by atoms with van der Waals surface area (Å²) in [6, 6.07) is 20.0. The molecule has 0 atom stereocenters. The molecule has 7 rings (SSSR count). The molecule has 282 valence electrons. The molecule has 0 bridgehead atoms. The van der Waals surface area contributed by atoms with E-state index in [1.165, 1.54) is 37.7 Å². The molecular weight excluding hydrogens is 746 g/mol. The average Bonchev–Trinajstić information content (AvgIpc) is 3.77. The molecule has 0 amide bonds. The first-order chi connectivity index (χ1) is 26.0. The first kappa shape index (κ1) is 37.3. The zero-order chi connectivity index (χ0) is 38.0. The van der Waals surface area contributed by atoms with Gasteiger partial charge in [0.05, 0.1) is 41.7 Å². The number of H-pyrrole nitrogens is 1. The maximum absolute atomic E-state index is 14.0. The van der Waals surface area contributed by atoms with E-state index in [-0.39, 0.29) is 71.3 Å². The first-order valence-corrected chi connectivity index (χ1v) is 19.6. The fourth-order valence-corrected chi connectivity index (χ4v) is 8.62. The number of aromatic amines is 1. The van der Waals surface area contributed by atoms with Gasteiger partial charge in [-0.25, -0.2) is 18.2 Å². The van der Waals surface area contributed by atoms with Crippen LogP contribution in [0.5, 0.6) is 0 Å². The predicted octanol–water partition coefficient (Wildman–Crippen LogP) is 5.31. The van der Waals surface area contributed by atoms with E-state index in [4.69, 9.17) is 9.72 Å². The number of hydrogen-bond donors (Lipinski definition) is 1. The van der Waals surface area contributed by atoms with Gasteiger partial charge in [0.1, 0.15) is 5.82 Å². The summed E-state index contributed by atoms with van der Waals surface area (Å²) >= 11 is 1.12. The molecular formula is C36H35F3N8O5S2. The van der Waals surface area contributed by atoms with Crippen LogP contribution in [0.1, 0.15) is 36.7 Å². The van der Waals surface area contributed by atoms with Gasteiger partial charge < -0.3 is 9.30 Å². The highest BCUT2D eigenvalue weighted by molar-refractivity contribution is 7.98. The van der Waals surface area contributed by atoms with E-state index in [0.29, 0.717) is 24.4 Å². The Morgan fingerprint density at radius 2 is 1.69 bits per heavy atom. The summed E-state index contributed by atoms with van der Waals surface area (Å²) in [4.78, 5) is 33.6. The van der Waals surface area contributed by atoms with Gasteiger partial charge in [-0.05, 0) is 42.3 Å². The van der Waals surface area contributed by atoms with E-state index in [0.717, 1.165) is 35.9 Å². The summed E-state index contributed by atoms with van der Waals surface area (Å²) in [6.45, 7) is 3.48. The average molecular weight is 781 g/mol. The summed E-state index contributed by atoms with van der Waals surface area (Å²) < 4.78 is 80.2. The summed E-state index contributed by atoms with van der Waals surface area (Å²) in [5.74, 6) is 0.656. The number of unbranched alkanes of at least 4 members (excludes halogenated alkanes) is 1. The number of nitrogens with one attached hydrogen (secondary N) is 1. The van der Waals surface area contributed by atoms with Gasteiger partial charge in [0, 0.05) is 25.2 Å². The molecule has 0 saturated carbocycles. The van der Waals surface area contributed by atoms with Crippen LogP contribution in [-0.4, -0.2) is 72.9 Å². The summed E-state index contributed by atoms with van der Waals surface area (Å²) in [5, 5.41) is 8.92. The van der Waals surface area contributed by atoms with Crippen molar-refractivity contribution < 1.29 is 26.3 Å². The van der Waals surface area contributed by atoms with Crippen LogP contribution < -0.4 is 11.2 Å². The molecule has 1 N–H and O–H groups in total. The standard InChI is InChI=1S/C36H35F3N8O5S2/c1-2-3-15-45-29(40-32-30(45)33(48)41-34(49)46(32)22-24-9-5-4-6-10-24)23-53-35-43-42-31(47(35)27-13-8-12-26(21-27)36(37,38)39)25-11-7-14-28(20-25)54(50,51)44-16-18-52-19-17-44/h4-14,20-21H,2-3,15-19,22-23H2,1H3,(H,41,48,49). The van der Waals surface area contributed by atoms with Crippen molar-refractivity contribution in [3.05, 3.63) is 117 Å². The number of imidazole rings is 1. The minimum Gasteiger partial charge on any atom is -0.379 e. The molecule has 3 aromatic heterocycles. The highest BCUT2D eigenvalue weighted by Gasteiger charge is 2.32. The van der Waals surface area contributed by atoms with Gasteiger partial charge in [-0.15, -0.1) is 10.2 Å². The quantitative estimate of drug-likeness (QED) is 0.163. The molecule has 3 aromatic carbocycles. The monoisotopic (exact) mass is 780 g/mol. The number of morpholine rings is 1. The van der Waals surface area contributed by atoms with Crippen LogP contribution in [-0.2, 0) is 39.8 Å². The maximum atomic E-state index is 14.0. The van der Waals surface area contributed by atoms with E-state index in [1.807, 2.05) is 37.3 Å². The smallest absolute Gasteiger partial charge is 0.379 e. The lowest BCUT2D eigenvalue weighted by atomic mass is 10.1. The number of benzene rings is 3. The van der Waals surface area contributed by atoms with Gasteiger partial charge in [0.15, 0.2) is 22.1 Å². The summed E-state index contributed by atoms with van der Waals surface area (Å²) in [5.41, 5.74) is -0.408. The van der Waals surface area contributed by atoms with E-state index in [2.05, 4.69) is 15.2 Å². The first-order valence-electron chi connectivity index (χ1n) is 17.2. The Morgan fingerprint density at radius 3 is 2.43 bits per heavy atom. The Balaban J connectivity index is 1.32. The topological polar surface area (TPSA) is 150 Å². The van der Waals surface area contributed by atoms with Crippen molar-refractivity contribution in [3.63, 3.8) is 0 Å². The molecule has 0 radical (unpaired) electrons. The SMILES string of the molecule is CCCCn1c(CSc2nnc(-c3cccc(S(=O)(=O)N4CCOCC4)c3)n2-c2cccc(C(F)(F)F)c2)nc2c1c(=O)[nH]c(=O)n2Cc1ccccc1. The highest BCUT2D eigenvalue weighted by Crippen LogP contribution is 2.35. The van der Waals surface area contributed by atoms with E-state index >= 15 is 0 Å². The molecule has 0 unspecified atom stereocenters. The lowest BCUT2D eigenvalue weighted by Crippen LogP contribution is -2.40. The molecule has 1 saturated heterocycles. The minimum absolute atomic E-state index is 0.00823. The van der Waals surface area contributed by atoms with Gasteiger partial charge in [0.25, 0.3) is 5.56 Å². The fourth-order valence-electron chi connectivity index (χ4n) is 6.26. The van der Waals surface area contributed by atoms with Gasteiger partial charge >= 0.3 is 11.9 Å². The van der Waals surface area contributed by atoms with Gasteiger partial charge in [-0.3, -0.25) is 18.9 Å². The van der Waals surface area contributed by atoms with Crippen molar-refractivity contribution in [1.29, 1.82) is 0 Å². The van der Waals surface area contributed by atoms with E-state index in [1.54, 1.807) is 16.7 Å². The number of rotatable bonds is 12. The Kier molecular flexibility index (Phi) is 10.6. The molecule has 13 nitrogen and oxygen atoms in total. The number of halogens is 3. The Morgan fingerprint density at radius 1 is 0.926 bits per heavy atom. The van der Waals surface area contributed by atoms with Crippen molar-refractivity contribution in [1.82, 2.24) is 38.2 Å². The third-order valence-electron chi connectivity index (χ3n) is 8.98. The number of ether oxygens (including phenoxy) is 1. The number of thioether (sulfide) groups is 1. The van der Waals surface area contributed by atoms with Crippen molar-refractivity contribution >= 4 is 32.9 Å². The van der Waals surface area contributed by atoms with Gasteiger partial charge in [0.2, 0.25) is 10.0 Å². The van der Waals surface area contributed by atoms with Crippen LogP contribution in [0.15, 0.2) is 98.5 Å². The number of aryl methyl sites for hydroxylation is 1. The number of aromatic nitrogens is 7. The third kappa shape index (κ3) is 7.51. The number of hydrogen-bond acceptors (Lipinski definition) is 9. The zero-order valence-corrected chi connectivity index (χ0v) is 30.6. The molecule has 0 aliphatic carbocycles. The molecule has 18 heteroatoms. The molecule has 1 aliphatic heterocycles. The molecule has 54 heavy (non-hydrogen) atoms. The number of nitrogens with zero attached hydrogens (tertiary/aromatic N) is 7. The minimum atomic E-state index is -4.64. The highest BCUT2D eigenvalue weighted by atomic mass is 32.2. The number of sulfonamides is 1. The van der Waals surface area contributed by atoms with Crippen molar-refractivity contribution in [2.24, 2.45) is 0 Å². The zero-order valence-electron chi connectivity index (χ0n) is 29.0. The summed E-state index contributed by atoms with van der Waals surface area (Å²) in [6.07, 6.45) is -3.13. The van der Waals surface area contributed by atoms with Crippen LogP contribution >= 0.6 is 11.8 Å². The molecule has 6 aromatic rings. The number of fused-ring (bicyclic) bond motifs is 1. The van der Waals surface area contributed by atoms with Crippen LogP contribution in [0.2, 0.25) is 0 Å². The second-order valence-electron chi connectivity index (χ2n) is 12.6. The van der Waals surface area contributed by atoms with E-state index < -0.39 is 33.0 Å². The van der Waals surface area contributed by atoms with Crippen LogP contribution in [0, 0.1) is 0 Å². The number of alkyl halides is 3. The largest absolute Gasteiger partial charge is 0.416 e. The summed E-state index contributed by atoms with van der Waals surface area (Å²) in [7, 11) is -3.91. The predicted molar refractivity (Wildman–Crippen MR) is 196 cm³/mol.